The van der Waals surface area contributed by atoms with Crippen molar-refractivity contribution in [3.05, 3.63) is 0 Å². The van der Waals surface area contributed by atoms with Crippen LogP contribution in [0.1, 0.15) is 27.7 Å². The Morgan fingerprint density at radius 2 is 1.25 bits per heavy atom. The van der Waals surface area contributed by atoms with Crippen molar-refractivity contribution in [3.8, 4) is 0 Å². The SMILES string of the molecule is COC(=O)[C@H](OC(C)=O)[C@@H](OC(C)=O)[C@H](COC(C)=O)OC(C)=O. The quantitative estimate of drug-likeness (QED) is 0.418. The number of hydrogen-bond donors (Lipinski definition) is 0. The van der Waals surface area contributed by atoms with E-state index in [0.717, 1.165) is 34.8 Å². The molecule has 0 saturated heterocycles. The van der Waals surface area contributed by atoms with Gasteiger partial charge in [-0.3, -0.25) is 19.2 Å². The molecule has 0 N–H and O–H groups in total. The van der Waals surface area contributed by atoms with Gasteiger partial charge in [-0.25, -0.2) is 4.79 Å². The van der Waals surface area contributed by atoms with E-state index < -0.39 is 54.8 Å². The standard InChI is InChI=1S/C14H20O10/c1-7(15)21-6-11(22-8(2)16)12(23-9(3)17)13(14(19)20-5)24-10(4)18/h11-13H,6H2,1-5H3/t11-,12-,13+/m0/s1. The van der Waals surface area contributed by atoms with E-state index in [-0.39, 0.29) is 0 Å². The van der Waals surface area contributed by atoms with Gasteiger partial charge in [0.25, 0.3) is 0 Å². The van der Waals surface area contributed by atoms with Crippen molar-refractivity contribution < 1.29 is 47.7 Å². The van der Waals surface area contributed by atoms with E-state index in [9.17, 15) is 24.0 Å². The average molecular weight is 348 g/mol. The summed E-state index contributed by atoms with van der Waals surface area (Å²) in [5, 5.41) is 0. The molecule has 0 aromatic carbocycles. The Morgan fingerprint density at radius 1 is 0.750 bits per heavy atom. The van der Waals surface area contributed by atoms with E-state index in [2.05, 4.69) is 4.74 Å². The van der Waals surface area contributed by atoms with Gasteiger partial charge in [-0.05, 0) is 0 Å². The van der Waals surface area contributed by atoms with Crippen LogP contribution in [0.2, 0.25) is 0 Å². The Kier molecular flexibility index (Phi) is 9.06. The summed E-state index contributed by atoms with van der Waals surface area (Å²) in [7, 11) is 1.02. The van der Waals surface area contributed by atoms with Crippen LogP contribution in [0.25, 0.3) is 0 Å². The molecule has 0 aliphatic rings. The number of esters is 5. The van der Waals surface area contributed by atoms with E-state index in [4.69, 9.17) is 18.9 Å². The first-order chi connectivity index (χ1) is 11.1. The van der Waals surface area contributed by atoms with E-state index in [1.165, 1.54) is 0 Å². The van der Waals surface area contributed by atoms with E-state index in [1.807, 2.05) is 0 Å². The summed E-state index contributed by atoms with van der Waals surface area (Å²) < 4.78 is 23.9. The molecule has 0 rings (SSSR count). The lowest BCUT2D eigenvalue weighted by Crippen LogP contribution is -2.51. The number of carbonyl (C=O) groups is 5. The average Bonchev–Trinajstić information content (AvgIpc) is 2.45. The number of rotatable bonds is 8. The van der Waals surface area contributed by atoms with E-state index in [0.29, 0.717) is 0 Å². The molecule has 136 valence electrons. The summed E-state index contributed by atoms with van der Waals surface area (Å²) in [5.41, 5.74) is 0. The van der Waals surface area contributed by atoms with Crippen LogP contribution in [0.3, 0.4) is 0 Å². The lowest BCUT2D eigenvalue weighted by molar-refractivity contribution is -0.196. The summed E-state index contributed by atoms with van der Waals surface area (Å²) in [6, 6.07) is 0. The third-order valence-corrected chi connectivity index (χ3v) is 2.46. The van der Waals surface area contributed by atoms with E-state index in [1.54, 1.807) is 0 Å². The van der Waals surface area contributed by atoms with Gasteiger partial charge in [-0.2, -0.15) is 0 Å². The van der Waals surface area contributed by atoms with Gasteiger partial charge >= 0.3 is 29.8 Å². The first kappa shape index (κ1) is 21.4. The van der Waals surface area contributed by atoms with Crippen molar-refractivity contribution in [2.45, 2.75) is 46.0 Å². The van der Waals surface area contributed by atoms with Crippen LogP contribution in [0.4, 0.5) is 0 Å². The summed E-state index contributed by atoms with van der Waals surface area (Å²) in [4.78, 5) is 56.6. The zero-order chi connectivity index (χ0) is 18.9. The number of methoxy groups -OCH3 is 1. The van der Waals surface area contributed by atoms with Crippen molar-refractivity contribution in [2.75, 3.05) is 13.7 Å². The second-order valence-corrected chi connectivity index (χ2v) is 4.58. The predicted octanol–water partition coefficient (Wildman–Crippen LogP) is -0.482. The molecular weight excluding hydrogens is 328 g/mol. The summed E-state index contributed by atoms with van der Waals surface area (Å²) >= 11 is 0. The topological polar surface area (TPSA) is 132 Å². The molecule has 0 aromatic rings. The smallest absolute Gasteiger partial charge is 0.351 e. The molecule has 0 aromatic heterocycles. The Balaban J connectivity index is 5.67. The number of carbonyl (C=O) groups excluding carboxylic acids is 5. The summed E-state index contributed by atoms with van der Waals surface area (Å²) in [6.07, 6.45) is -4.67. The normalized spacial score (nSPS) is 13.7. The second kappa shape index (κ2) is 10.2. The van der Waals surface area contributed by atoms with E-state index >= 15 is 0 Å². The van der Waals surface area contributed by atoms with Crippen LogP contribution >= 0.6 is 0 Å². The van der Waals surface area contributed by atoms with Gasteiger partial charge in [0.05, 0.1) is 7.11 Å². The van der Waals surface area contributed by atoms with Crippen molar-refractivity contribution >= 4 is 29.8 Å². The molecule has 3 atom stereocenters. The van der Waals surface area contributed by atoms with Crippen molar-refractivity contribution in [1.82, 2.24) is 0 Å². The van der Waals surface area contributed by atoms with Crippen LogP contribution in [-0.4, -0.2) is 61.9 Å². The first-order valence-corrected chi connectivity index (χ1v) is 6.81. The molecule has 10 nitrogen and oxygen atoms in total. The molecule has 0 saturated carbocycles. The van der Waals surface area contributed by atoms with Gasteiger partial charge in [-0.1, -0.05) is 0 Å². The maximum atomic E-state index is 11.9. The molecule has 0 aliphatic heterocycles. The van der Waals surface area contributed by atoms with Crippen molar-refractivity contribution in [2.24, 2.45) is 0 Å². The maximum absolute atomic E-state index is 11.9. The number of ether oxygens (including phenoxy) is 5. The van der Waals surface area contributed by atoms with Gasteiger partial charge in [0.1, 0.15) is 6.61 Å². The Bertz CT molecular complexity index is 498. The molecule has 0 aliphatic carbocycles. The van der Waals surface area contributed by atoms with Crippen LogP contribution in [0.5, 0.6) is 0 Å². The molecule has 10 heteroatoms. The minimum atomic E-state index is -1.71. The molecule has 0 heterocycles. The Morgan fingerprint density at radius 3 is 1.62 bits per heavy atom. The second-order valence-electron chi connectivity index (χ2n) is 4.58. The maximum Gasteiger partial charge on any atom is 0.351 e. The fourth-order valence-corrected chi connectivity index (χ4v) is 1.68. The lowest BCUT2D eigenvalue weighted by Gasteiger charge is -2.30. The zero-order valence-electron chi connectivity index (χ0n) is 14.0. The highest BCUT2D eigenvalue weighted by atomic mass is 16.6. The first-order valence-electron chi connectivity index (χ1n) is 6.81. The molecule has 0 amide bonds. The molecule has 0 spiro atoms. The van der Waals surface area contributed by atoms with Crippen LogP contribution in [-0.2, 0) is 47.7 Å². The molecule has 0 bridgehead atoms. The van der Waals surface area contributed by atoms with Gasteiger partial charge in [-0.15, -0.1) is 0 Å². The third kappa shape index (κ3) is 8.11. The molecule has 0 unspecified atom stereocenters. The van der Waals surface area contributed by atoms with Gasteiger partial charge in [0.15, 0.2) is 12.2 Å². The predicted molar refractivity (Wildman–Crippen MR) is 75.3 cm³/mol. The summed E-state index contributed by atoms with van der Waals surface area (Å²) in [6.45, 7) is 3.70. The van der Waals surface area contributed by atoms with Crippen molar-refractivity contribution in [1.29, 1.82) is 0 Å². The highest BCUT2D eigenvalue weighted by Gasteiger charge is 2.42. The zero-order valence-corrected chi connectivity index (χ0v) is 14.0. The number of hydrogen-bond acceptors (Lipinski definition) is 10. The minimum Gasteiger partial charge on any atom is -0.466 e. The monoisotopic (exact) mass is 348 g/mol. The van der Waals surface area contributed by atoms with Crippen LogP contribution in [0.15, 0.2) is 0 Å². The van der Waals surface area contributed by atoms with Gasteiger partial charge < -0.3 is 23.7 Å². The molecule has 0 fully saturated rings. The largest absolute Gasteiger partial charge is 0.466 e. The summed E-state index contributed by atoms with van der Waals surface area (Å²) in [5.74, 6) is -4.25. The molecule has 0 radical (unpaired) electrons. The Labute approximate surface area is 138 Å². The fraction of sp³-hybridized carbons (Fsp3) is 0.643. The minimum absolute atomic E-state index is 0.526. The van der Waals surface area contributed by atoms with Crippen LogP contribution in [0, 0.1) is 0 Å². The highest BCUT2D eigenvalue weighted by molar-refractivity contribution is 5.80. The third-order valence-electron chi connectivity index (χ3n) is 2.46. The molecule has 24 heavy (non-hydrogen) atoms. The lowest BCUT2D eigenvalue weighted by atomic mass is 10.1. The fourth-order valence-electron chi connectivity index (χ4n) is 1.68. The van der Waals surface area contributed by atoms with Crippen molar-refractivity contribution in [3.63, 3.8) is 0 Å². The Hall–Kier alpha value is -2.65. The van der Waals surface area contributed by atoms with Crippen LogP contribution < -0.4 is 0 Å². The molecular formula is C14H20O10. The highest BCUT2D eigenvalue weighted by Crippen LogP contribution is 2.16. The van der Waals surface area contributed by atoms with Gasteiger partial charge in [0, 0.05) is 27.7 Å². The van der Waals surface area contributed by atoms with Gasteiger partial charge in [0.2, 0.25) is 6.10 Å².